The van der Waals surface area contributed by atoms with E-state index in [0.29, 0.717) is 0 Å². The number of hydrogen-bond donors (Lipinski definition) is 0. The fourth-order valence-electron chi connectivity index (χ4n) is 0.513. The average molecular weight is 183 g/mol. The van der Waals surface area contributed by atoms with Gasteiger partial charge < -0.3 is 0 Å². The first-order valence-corrected chi connectivity index (χ1v) is 5.55. The van der Waals surface area contributed by atoms with Gasteiger partial charge in [-0.3, -0.25) is 0 Å². The van der Waals surface area contributed by atoms with Gasteiger partial charge in [0.25, 0.3) is 0 Å². The average Bonchev–Trinajstić information content (AvgIpc) is 1.80. The van der Waals surface area contributed by atoms with Crippen LogP contribution in [-0.2, 0) is 0 Å². The van der Waals surface area contributed by atoms with Crippen molar-refractivity contribution >= 4 is 32.7 Å². The normalized spacial score (nSPS) is 10.7. The molecular formula is C6H12Cl2Si. The summed E-state index contributed by atoms with van der Waals surface area (Å²) in [5.74, 6) is 0. The summed E-state index contributed by atoms with van der Waals surface area (Å²) in [6.07, 6.45) is 2.60. The molecule has 3 heteroatoms. The van der Waals surface area contributed by atoms with Gasteiger partial charge in [-0.25, -0.2) is 0 Å². The predicted molar refractivity (Wildman–Crippen MR) is 45.8 cm³/mol. The molecule has 0 N–H and O–H groups in total. The lowest BCUT2D eigenvalue weighted by Gasteiger charge is -1.97. The summed E-state index contributed by atoms with van der Waals surface area (Å²) in [4.78, 5) is -0.139. The maximum atomic E-state index is 5.53. The van der Waals surface area contributed by atoms with Gasteiger partial charge in [-0.15, -0.1) is 23.2 Å². The number of alkyl halides is 2. The molecule has 0 nitrogen and oxygen atoms in total. The molecule has 0 aliphatic rings. The van der Waals surface area contributed by atoms with Gasteiger partial charge in [-0.1, -0.05) is 25.8 Å². The minimum absolute atomic E-state index is 0.139. The third-order valence-corrected chi connectivity index (χ3v) is 3.24. The second kappa shape index (κ2) is 6.91. The predicted octanol–water partition coefficient (Wildman–Crippen LogP) is 3.13. The number of rotatable bonds is 5. The summed E-state index contributed by atoms with van der Waals surface area (Å²) in [6, 6.07) is 2.27. The standard InChI is InChI=1S/C6H12Cl2Si/c1-2-3-4-9-5-6(7)8/h6H,2-5H2,1H3. The van der Waals surface area contributed by atoms with Gasteiger partial charge in [0.1, 0.15) is 4.84 Å². The summed E-state index contributed by atoms with van der Waals surface area (Å²) in [5.41, 5.74) is 0. The molecule has 0 bridgehead atoms. The Morgan fingerprint density at radius 1 is 1.44 bits per heavy atom. The highest BCUT2D eigenvalue weighted by Gasteiger charge is 1.97. The van der Waals surface area contributed by atoms with Crippen LogP contribution in [0.1, 0.15) is 19.8 Å². The molecule has 0 aromatic rings. The quantitative estimate of drug-likeness (QED) is 0.349. The van der Waals surface area contributed by atoms with E-state index in [9.17, 15) is 0 Å². The zero-order valence-electron chi connectivity index (χ0n) is 5.66. The zero-order valence-corrected chi connectivity index (χ0v) is 8.17. The smallest absolute Gasteiger partial charge is 0.105 e. The maximum absolute atomic E-state index is 5.53. The van der Waals surface area contributed by atoms with Crippen LogP contribution in [0.4, 0.5) is 0 Å². The van der Waals surface area contributed by atoms with Crippen molar-refractivity contribution in [3.8, 4) is 0 Å². The second-order valence-corrected chi connectivity index (χ2v) is 4.63. The summed E-state index contributed by atoms with van der Waals surface area (Å²) in [5, 5.41) is 0. The van der Waals surface area contributed by atoms with Crippen molar-refractivity contribution in [1.82, 2.24) is 0 Å². The Bertz CT molecular complexity index is 57.0. The molecule has 0 fully saturated rings. The SMILES string of the molecule is CCCC[Si]CC(Cl)Cl. The minimum atomic E-state index is -0.139. The van der Waals surface area contributed by atoms with Crippen molar-refractivity contribution < 1.29 is 0 Å². The van der Waals surface area contributed by atoms with E-state index in [1.165, 1.54) is 18.9 Å². The molecule has 0 saturated heterocycles. The molecule has 54 valence electrons. The van der Waals surface area contributed by atoms with Crippen molar-refractivity contribution in [3.63, 3.8) is 0 Å². The summed E-state index contributed by atoms with van der Waals surface area (Å²) in [7, 11) is 0.955. The third-order valence-electron chi connectivity index (χ3n) is 1.01. The van der Waals surface area contributed by atoms with Crippen LogP contribution in [0.15, 0.2) is 0 Å². The van der Waals surface area contributed by atoms with Gasteiger partial charge >= 0.3 is 0 Å². The lowest BCUT2D eigenvalue weighted by atomic mass is 10.4. The van der Waals surface area contributed by atoms with E-state index in [4.69, 9.17) is 23.2 Å². The van der Waals surface area contributed by atoms with Crippen LogP contribution in [0.2, 0.25) is 12.1 Å². The number of unbranched alkanes of at least 4 members (excludes halogenated alkanes) is 1. The monoisotopic (exact) mass is 182 g/mol. The highest BCUT2D eigenvalue weighted by Crippen LogP contribution is 2.08. The van der Waals surface area contributed by atoms with Crippen molar-refractivity contribution in [3.05, 3.63) is 0 Å². The molecule has 0 heterocycles. The Morgan fingerprint density at radius 2 is 2.11 bits per heavy atom. The van der Waals surface area contributed by atoms with Gasteiger partial charge in [0, 0.05) is 9.52 Å². The summed E-state index contributed by atoms with van der Waals surface area (Å²) >= 11 is 11.1. The Labute approximate surface area is 69.7 Å². The van der Waals surface area contributed by atoms with Gasteiger partial charge in [-0.05, 0) is 6.04 Å². The lowest BCUT2D eigenvalue weighted by Crippen LogP contribution is -1.94. The second-order valence-electron chi connectivity index (χ2n) is 1.95. The van der Waals surface area contributed by atoms with Crippen molar-refractivity contribution in [1.29, 1.82) is 0 Å². The largest absolute Gasteiger partial charge is 0.106 e. The van der Waals surface area contributed by atoms with E-state index in [1.807, 2.05) is 0 Å². The third kappa shape index (κ3) is 8.80. The van der Waals surface area contributed by atoms with Gasteiger partial charge in [0.2, 0.25) is 0 Å². The van der Waals surface area contributed by atoms with E-state index in [-0.39, 0.29) is 4.84 Å². The van der Waals surface area contributed by atoms with Crippen LogP contribution in [0.3, 0.4) is 0 Å². The van der Waals surface area contributed by atoms with E-state index in [0.717, 1.165) is 15.6 Å². The molecule has 0 unspecified atom stereocenters. The molecule has 0 atom stereocenters. The summed E-state index contributed by atoms with van der Waals surface area (Å²) in [6.45, 7) is 2.20. The van der Waals surface area contributed by atoms with Crippen LogP contribution in [0.25, 0.3) is 0 Å². The fourth-order valence-corrected chi connectivity index (χ4v) is 2.19. The molecule has 0 aromatic heterocycles. The maximum Gasteiger partial charge on any atom is 0.105 e. The van der Waals surface area contributed by atoms with E-state index in [2.05, 4.69) is 6.92 Å². The Balaban J connectivity index is 2.75. The van der Waals surface area contributed by atoms with Gasteiger partial charge in [0.05, 0.1) is 0 Å². The molecule has 0 spiro atoms. The van der Waals surface area contributed by atoms with E-state index >= 15 is 0 Å². The van der Waals surface area contributed by atoms with Crippen LogP contribution in [0.5, 0.6) is 0 Å². The fraction of sp³-hybridized carbons (Fsp3) is 1.00. The molecule has 2 radical (unpaired) electrons. The van der Waals surface area contributed by atoms with Crippen molar-refractivity contribution in [2.45, 2.75) is 36.7 Å². The topological polar surface area (TPSA) is 0 Å². The molecule has 0 aromatic carbocycles. The number of hydrogen-bond acceptors (Lipinski definition) is 0. The van der Waals surface area contributed by atoms with Gasteiger partial charge in [-0.2, -0.15) is 0 Å². The molecule has 0 aliphatic heterocycles. The molecular weight excluding hydrogens is 171 g/mol. The van der Waals surface area contributed by atoms with Gasteiger partial charge in [0.15, 0.2) is 0 Å². The Morgan fingerprint density at radius 3 is 2.56 bits per heavy atom. The first-order valence-electron chi connectivity index (χ1n) is 3.26. The lowest BCUT2D eigenvalue weighted by molar-refractivity contribution is 0.877. The molecule has 0 amide bonds. The van der Waals surface area contributed by atoms with Crippen molar-refractivity contribution in [2.75, 3.05) is 0 Å². The zero-order chi connectivity index (χ0) is 7.11. The minimum Gasteiger partial charge on any atom is -0.106 e. The Kier molecular flexibility index (Phi) is 7.52. The Hall–Kier alpha value is 0.797. The summed E-state index contributed by atoms with van der Waals surface area (Å²) < 4.78 is 0. The van der Waals surface area contributed by atoms with Crippen LogP contribution < -0.4 is 0 Å². The van der Waals surface area contributed by atoms with Crippen molar-refractivity contribution in [2.24, 2.45) is 0 Å². The first kappa shape index (κ1) is 9.80. The molecule has 0 aliphatic carbocycles. The first-order chi connectivity index (χ1) is 4.27. The highest BCUT2D eigenvalue weighted by atomic mass is 35.5. The molecule has 0 rings (SSSR count). The van der Waals surface area contributed by atoms with Crippen LogP contribution >= 0.6 is 23.2 Å². The molecule has 0 saturated carbocycles. The van der Waals surface area contributed by atoms with E-state index < -0.39 is 0 Å². The van der Waals surface area contributed by atoms with Crippen LogP contribution in [-0.4, -0.2) is 14.4 Å². The van der Waals surface area contributed by atoms with E-state index in [1.54, 1.807) is 0 Å². The molecule has 9 heavy (non-hydrogen) atoms. The highest BCUT2D eigenvalue weighted by molar-refractivity contribution is 6.49. The van der Waals surface area contributed by atoms with Crippen LogP contribution in [0, 0.1) is 0 Å². The number of halogens is 2.